The molecule has 0 radical (unpaired) electrons. The number of pyridine rings is 1. The molecule has 4 N–H and O–H groups in total. The summed E-state index contributed by atoms with van der Waals surface area (Å²) in [6.45, 7) is 9.94. The Morgan fingerprint density at radius 1 is 0.895 bits per heavy atom. The first kappa shape index (κ1) is 18.1. The lowest BCUT2D eigenvalue weighted by molar-refractivity contribution is -0.107. The molecule has 0 amide bonds. The predicted molar refractivity (Wildman–Crippen MR) is 76.1 cm³/mol. The van der Waals surface area contributed by atoms with Gasteiger partial charge in [-0.2, -0.15) is 0 Å². The summed E-state index contributed by atoms with van der Waals surface area (Å²) in [6, 6.07) is 3.30. The highest BCUT2D eigenvalue weighted by molar-refractivity contribution is 6.58. The number of nitrogens with zero attached hydrogens (tertiary/aromatic N) is 1. The van der Waals surface area contributed by atoms with Crippen molar-refractivity contribution in [3.63, 3.8) is 0 Å². The summed E-state index contributed by atoms with van der Waals surface area (Å²) >= 11 is 0. The third-order valence-corrected chi connectivity index (χ3v) is 2.90. The van der Waals surface area contributed by atoms with Crippen molar-refractivity contribution < 1.29 is 20.3 Å². The zero-order valence-corrected chi connectivity index (χ0v) is 12.5. The maximum atomic E-state index is 9.10. The van der Waals surface area contributed by atoms with E-state index in [0.717, 1.165) is 11.4 Å². The molecule has 1 heterocycles. The van der Waals surface area contributed by atoms with Crippen molar-refractivity contribution in [2.75, 3.05) is 0 Å². The highest BCUT2D eigenvalue weighted by Crippen LogP contribution is 2.19. The van der Waals surface area contributed by atoms with E-state index in [2.05, 4.69) is 4.98 Å². The summed E-state index contributed by atoms with van der Waals surface area (Å²) in [4.78, 5) is 4.09. The molecule has 1 aromatic rings. The van der Waals surface area contributed by atoms with Gasteiger partial charge in [0.15, 0.2) is 0 Å². The number of aromatic nitrogens is 1. The molecule has 0 fully saturated rings. The molecule has 1 rings (SSSR count). The van der Waals surface area contributed by atoms with Gasteiger partial charge in [0.25, 0.3) is 0 Å². The smallest absolute Gasteiger partial charge is 0.423 e. The summed E-state index contributed by atoms with van der Waals surface area (Å²) in [7, 11) is -1.39. The van der Waals surface area contributed by atoms with Crippen molar-refractivity contribution in [1.82, 2.24) is 4.98 Å². The molecule has 19 heavy (non-hydrogen) atoms. The monoisotopic (exact) mass is 269 g/mol. The second-order valence-corrected chi connectivity index (χ2v) is 5.67. The maximum Gasteiger partial charge on any atom is 0.488 e. The fourth-order valence-electron chi connectivity index (χ4n) is 1.02. The molecule has 5 nitrogen and oxygen atoms in total. The van der Waals surface area contributed by atoms with E-state index in [0.29, 0.717) is 5.46 Å². The van der Waals surface area contributed by atoms with Crippen LogP contribution in [0.4, 0.5) is 0 Å². The standard InChI is InChI=1S/C7H10BNO2.C6H14O2/c1-5-3-7(8(10)11)4-6(2)9-5;1-5(2,7)6(3,4)8/h3-4,10-11H,1-2H3;7-8H,1-4H3. The van der Waals surface area contributed by atoms with Gasteiger partial charge < -0.3 is 20.3 Å². The maximum absolute atomic E-state index is 9.10. The molecule has 1 aromatic heterocycles. The molecule has 0 bridgehead atoms. The Hall–Kier alpha value is -0.945. The van der Waals surface area contributed by atoms with Crippen molar-refractivity contribution in [3.05, 3.63) is 23.5 Å². The minimum absolute atomic E-state index is 0.495. The van der Waals surface area contributed by atoms with E-state index in [4.69, 9.17) is 20.3 Å². The first-order valence-corrected chi connectivity index (χ1v) is 6.10. The molecule has 108 valence electrons. The summed E-state index contributed by atoms with van der Waals surface area (Å²) in [5.41, 5.74) is 0.0798. The molecule has 0 atom stereocenters. The van der Waals surface area contributed by atoms with Crippen molar-refractivity contribution >= 4 is 12.6 Å². The van der Waals surface area contributed by atoms with Gasteiger partial charge in [-0.1, -0.05) is 0 Å². The van der Waals surface area contributed by atoms with Gasteiger partial charge in [-0.05, 0) is 59.1 Å². The highest BCUT2D eigenvalue weighted by Gasteiger charge is 2.31. The molecular weight excluding hydrogens is 245 g/mol. The van der Waals surface area contributed by atoms with Gasteiger partial charge in [0, 0.05) is 11.4 Å². The second-order valence-electron chi connectivity index (χ2n) is 5.67. The van der Waals surface area contributed by atoms with Crippen molar-refractivity contribution in [2.45, 2.75) is 52.7 Å². The quantitative estimate of drug-likeness (QED) is 0.563. The molecular formula is C13H24BNO4. The number of hydrogen-bond donors (Lipinski definition) is 4. The fraction of sp³-hybridized carbons (Fsp3) is 0.615. The summed E-state index contributed by atoms with van der Waals surface area (Å²) in [5, 5.41) is 35.8. The van der Waals surface area contributed by atoms with Crippen LogP contribution in [0.5, 0.6) is 0 Å². The SMILES string of the molecule is CC(C)(O)C(C)(C)O.Cc1cc(B(O)O)cc(C)n1. The summed E-state index contributed by atoms with van der Waals surface area (Å²) in [5.74, 6) is 0. The molecule has 0 aliphatic carbocycles. The van der Waals surface area contributed by atoms with E-state index >= 15 is 0 Å². The van der Waals surface area contributed by atoms with Crippen LogP contribution >= 0.6 is 0 Å². The van der Waals surface area contributed by atoms with Gasteiger partial charge in [0.2, 0.25) is 0 Å². The Morgan fingerprint density at radius 3 is 1.42 bits per heavy atom. The second kappa shape index (κ2) is 6.48. The van der Waals surface area contributed by atoms with Gasteiger partial charge in [-0.15, -0.1) is 0 Å². The van der Waals surface area contributed by atoms with Gasteiger partial charge in [-0.3, -0.25) is 4.98 Å². The van der Waals surface area contributed by atoms with Crippen LogP contribution in [0.1, 0.15) is 39.1 Å². The van der Waals surface area contributed by atoms with E-state index in [1.807, 2.05) is 13.8 Å². The predicted octanol–water partition coefficient (Wildman–Crippen LogP) is -0.0936. The largest absolute Gasteiger partial charge is 0.488 e. The highest BCUT2D eigenvalue weighted by atomic mass is 16.4. The lowest BCUT2D eigenvalue weighted by Crippen LogP contribution is -2.44. The van der Waals surface area contributed by atoms with Crippen LogP contribution in [0.2, 0.25) is 0 Å². The summed E-state index contributed by atoms with van der Waals surface area (Å²) < 4.78 is 0. The van der Waals surface area contributed by atoms with Crippen molar-refractivity contribution in [2.24, 2.45) is 0 Å². The van der Waals surface area contributed by atoms with E-state index in [-0.39, 0.29) is 0 Å². The molecule has 0 spiro atoms. The molecule has 0 saturated carbocycles. The first-order valence-electron chi connectivity index (χ1n) is 6.10. The Labute approximate surface area is 115 Å². The lowest BCUT2D eigenvalue weighted by Gasteiger charge is -2.31. The van der Waals surface area contributed by atoms with Crippen LogP contribution in [0, 0.1) is 13.8 Å². The Kier molecular flexibility index (Phi) is 6.15. The third-order valence-electron chi connectivity index (χ3n) is 2.90. The zero-order chi connectivity index (χ0) is 15.4. The summed E-state index contributed by atoms with van der Waals surface area (Å²) in [6.07, 6.45) is 0. The minimum Gasteiger partial charge on any atom is -0.423 e. The van der Waals surface area contributed by atoms with E-state index in [1.165, 1.54) is 0 Å². The van der Waals surface area contributed by atoms with Crippen molar-refractivity contribution in [1.29, 1.82) is 0 Å². The van der Waals surface area contributed by atoms with Crippen LogP contribution < -0.4 is 5.46 Å². The zero-order valence-electron chi connectivity index (χ0n) is 12.5. The number of aliphatic hydroxyl groups is 2. The average Bonchev–Trinajstić information content (AvgIpc) is 2.13. The molecule has 0 saturated heterocycles. The third kappa shape index (κ3) is 6.68. The Balaban J connectivity index is 0.000000362. The van der Waals surface area contributed by atoms with E-state index in [9.17, 15) is 0 Å². The van der Waals surface area contributed by atoms with Gasteiger partial charge in [-0.25, -0.2) is 0 Å². The number of rotatable bonds is 2. The molecule has 0 aliphatic rings. The van der Waals surface area contributed by atoms with Crippen LogP contribution in [0.15, 0.2) is 12.1 Å². The Morgan fingerprint density at radius 2 is 1.21 bits per heavy atom. The molecule has 0 unspecified atom stereocenters. The molecule has 0 aromatic carbocycles. The van der Waals surface area contributed by atoms with Gasteiger partial charge in [0.05, 0.1) is 11.2 Å². The molecule has 0 aliphatic heterocycles. The van der Waals surface area contributed by atoms with Gasteiger partial charge in [0.1, 0.15) is 0 Å². The topological polar surface area (TPSA) is 93.8 Å². The van der Waals surface area contributed by atoms with Crippen LogP contribution in [-0.4, -0.2) is 43.6 Å². The molecule has 6 heteroatoms. The fourth-order valence-corrected chi connectivity index (χ4v) is 1.02. The Bertz CT molecular complexity index is 376. The minimum atomic E-state index is -1.39. The first-order chi connectivity index (χ1) is 8.34. The number of aryl methyl sites for hydroxylation is 2. The number of hydrogen-bond acceptors (Lipinski definition) is 5. The van der Waals surface area contributed by atoms with Crippen LogP contribution in [-0.2, 0) is 0 Å². The van der Waals surface area contributed by atoms with Crippen LogP contribution in [0.25, 0.3) is 0 Å². The van der Waals surface area contributed by atoms with Crippen LogP contribution in [0.3, 0.4) is 0 Å². The van der Waals surface area contributed by atoms with Gasteiger partial charge >= 0.3 is 7.12 Å². The van der Waals surface area contributed by atoms with E-state index in [1.54, 1.807) is 39.8 Å². The van der Waals surface area contributed by atoms with Crippen molar-refractivity contribution in [3.8, 4) is 0 Å². The normalized spacial score (nSPS) is 11.7. The lowest BCUT2D eigenvalue weighted by atomic mass is 9.80. The average molecular weight is 269 g/mol. The van der Waals surface area contributed by atoms with E-state index < -0.39 is 18.3 Å².